The van der Waals surface area contributed by atoms with Gasteiger partial charge < -0.3 is 9.47 Å². The minimum Gasteiger partial charge on any atom is -0.465 e. The second-order valence-corrected chi connectivity index (χ2v) is 4.90. The molecule has 0 bridgehead atoms. The van der Waals surface area contributed by atoms with Gasteiger partial charge in [0.25, 0.3) is 0 Å². The number of carbonyl (C=O) groups is 3. The van der Waals surface area contributed by atoms with Crippen LogP contribution in [0.4, 0.5) is 0 Å². The zero-order valence-corrected chi connectivity index (χ0v) is 13.7. The predicted octanol–water partition coefficient (Wildman–Crippen LogP) is 2.79. The van der Waals surface area contributed by atoms with Crippen LogP contribution >= 0.6 is 0 Å². The van der Waals surface area contributed by atoms with Crippen molar-refractivity contribution < 1.29 is 23.9 Å². The van der Waals surface area contributed by atoms with Gasteiger partial charge in [-0.15, -0.1) is 0 Å². The number of esters is 2. The molecule has 0 saturated heterocycles. The zero-order valence-electron chi connectivity index (χ0n) is 13.7. The molecule has 0 spiro atoms. The third kappa shape index (κ3) is 6.06. The van der Waals surface area contributed by atoms with Crippen molar-refractivity contribution in [3.05, 3.63) is 41.5 Å². The molecule has 0 unspecified atom stereocenters. The van der Waals surface area contributed by atoms with Gasteiger partial charge >= 0.3 is 11.9 Å². The van der Waals surface area contributed by atoms with E-state index in [0.29, 0.717) is 5.57 Å². The molecule has 1 rings (SSSR count). The number of benzene rings is 1. The van der Waals surface area contributed by atoms with Crippen LogP contribution in [0.1, 0.15) is 32.8 Å². The van der Waals surface area contributed by atoms with Gasteiger partial charge in [0.05, 0.1) is 13.2 Å². The lowest BCUT2D eigenvalue weighted by molar-refractivity contribution is -0.161. The Morgan fingerprint density at radius 1 is 1.00 bits per heavy atom. The molecule has 0 atom stereocenters. The summed E-state index contributed by atoms with van der Waals surface area (Å²) in [6, 6.07) is 9.24. The van der Waals surface area contributed by atoms with Crippen LogP contribution in [0.3, 0.4) is 0 Å². The maximum atomic E-state index is 12.0. The van der Waals surface area contributed by atoms with Crippen molar-refractivity contribution in [3.8, 4) is 0 Å². The Bertz CT molecular complexity index is 556. The first-order chi connectivity index (χ1) is 11.0. The summed E-state index contributed by atoms with van der Waals surface area (Å²) in [6.45, 7) is 5.04. The van der Waals surface area contributed by atoms with E-state index >= 15 is 0 Å². The van der Waals surface area contributed by atoms with E-state index in [2.05, 4.69) is 0 Å². The first kappa shape index (κ1) is 18.6. The van der Waals surface area contributed by atoms with E-state index in [1.165, 1.54) is 6.92 Å². The van der Waals surface area contributed by atoms with Crippen LogP contribution in [-0.2, 0) is 23.9 Å². The van der Waals surface area contributed by atoms with Crippen LogP contribution in [0.5, 0.6) is 0 Å². The van der Waals surface area contributed by atoms with Crippen LogP contribution in [0.2, 0.25) is 0 Å². The Morgan fingerprint density at radius 3 is 1.96 bits per heavy atom. The van der Waals surface area contributed by atoms with Crippen molar-refractivity contribution in [2.45, 2.75) is 27.2 Å². The zero-order chi connectivity index (χ0) is 17.2. The van der Waals surface area contributed by atoms with Crippen molar-refractivity contribution >= 4 is 23.8 Å². The summed E-state index contributed by atoms with van der Waals surface area (Å²) in [5.74, 6) is -2.68. The van der Waals surface area contributed by atoms with Gasteiger partial charge in [-0.3, -0.25) is 14.4 Å². The van der Waals surface area contributed by atoms with Crippen LogP contribution in [0, 0.1) is 5.92 Å². The second-order valence-electron chi connectivity index (χ2n) is 4.90. The van der Waals surface area contributed by atoms with Crippen molar-refractivity contribution in [2.75, 3.05) is 13.2 Å². The van der Waals surface area contributed by atoms with E-state index in [1.807, 2.05) is 30.3 Å². The molecule has 23 heavy (non-hydrogen) atoms. The molecular weight excluding hydrogens is 296 g/mol. The topological polar surface area (TPSA) is 69.7 Å². The van der Waals surface area contributed by atoms with Gasteiger partial charge in [-0.2, -0.15) is 0 Å². The Labute approximate surface area is 136 Å². The van der Waals surface area contributed by atoms with Gasteiger partial charge in [-0.05, 0) is 44.4 Å². The summed E-state index contributed by atoms with van der Waals surface area (Å²) < 4.78 is 9.85. The monoisotopic (exact) mass is 318 g/mol. The summed E-state index contributed by atoms with van der Waals surface area (Å²) in [4.78, 5) is 35.9. The Hall–Kier alpha value is -2.43. The number of allylic oxidation sites excluding steroid dienone is 1. The fourth-order valence-electron chi connectivity index (χ4n) is 2.02. The van der Waals surface area contributed by atoms with Gasteiger partial charge in [0.15, 0.2) is 11.7 Å². The molecule has 0 saturated carbocycles. The number of hydrogen-bond donors (Lipinski definition) is 0. The van der Waals surface area contributed by atoms with Crippen LogP contribution < -0.4 is 0 Å². The third-order valence-corrected chi connectivity index (χ3v) is 3.16. The van der Waals surface area contributed by atoms with E-state index in [0.717, 1.165) is 5.56 Å². The first-order valence-corrected chi connectivity index (χ1v) is 7.59. The third-order valence-electron chi connectivity index (χ3n) is 3.16. The molecule has 0 heterocycles. The van der Waals surface area contributed by atoms with Gasteiger partial charge in [-0.1, -0.05) is 30.3 Å². The van der Waals surface area contributed by atoms with E-state index in [4.69, 9.17) is 9.47 Å². The molecule has 0 aromatic heterocycles. The average Bonchev–Trinajstić information content (AvgIpc) is 2.52. The molecule has 5 heteroatoms. The number of rotatable bonds is 8. The van der Waals surface area contributed by atoms with Crippen molar-refractivity contribution in [3.63, 3.8) is 0 Å². The number of ketones is 1. The normalized spacial score (nSPS) is 11.2. The number of carbonyl (C=O) groups excluding carboxylic acids is 3. The molecule has 1 aromatic rings. The Balaban J connectivity index is 3.05. The molecule has 0 radical (unpaired) electrons. The lowest BCUT2D eigenvalue weighted by Crippen LogP contribution is -2.29. The van der Waals surface area contributed by atoms with E-state index in [-0.39, 0.29) is 25.4 Å². The fraction of sp³-hybridized carbons (Fsp3) is 0.389. The van der Waals surface area contributed by atoms with Crippen molar-refractivity contribution in [1.29, 1.82) is 0 Å². The first-order valence-electron chi connectivity index (χ1n) is 7.59. The summed E-state index contributed by atoms with van der Waals surface area (Å²) in [6.07, 6.45) is 1.63. The Kier molecular flexibility index (Phi) is 7.74. The molecule has 0 aliphatic carbocycles. The number of hydrogen-bond acceptors (Lipinski definition) is 5. The van der Waals surface area contributed by atoms with Gasteiger partial charge in [0.2, 0.25) is 0 Å². The molecule has 124 valence electrons. The molecule has 0 fully saturated rings. The van der Waals surface area contributed by atoms with Crippen LogP contribution in [-0.4, -0.2) is 30.9 Å². The van der Waals surface area contributed by atoms with Crippen LogP contribution in [0.25, 0.3) is 6.08 Å². The maximum absolute atomic E-state index is 12.0. The molecule has 0 amide bonds. The van der Waals surface area contributed by atoms with Gasteiger partial charge in [-0.25, -0.2) is 0 Å². The molecule has 0 aliphatic heterocycles. The van der Waals surface area contributed by atoms with E-state index in [1.54, 1.807) is 19.9 Å². The largest absolute Gasteiger partial charge is 0.465 e. The lowest BCUT2D eigenvalue weighted by Gasteiger charge is -2.15. The fourth-order valence-corrected chi connectivity index (χ4v) is 2.02. The lowest BCUT2D eigenvalue weighted by atomic mass is 9.95. The summed E-state index contributed by atoms with van der Waals surface area (Å²) in [5.41, 5.74) is 1.20. The highest BCUT2D eigenvalue weighted by Crippen LogP contribution is 2.19. The summed E-state index contributed by atoms with van der Waals surface area (Å²) in [7, 11) is 0. The molecular formula is C18H22O5. The highest BCUT2D eigenvalue weighted by Gasteiger charge is 2.31. The number of Topliss-reactive ketones (excluding diaryl/α,β-unsaturated/α-hetero) is 1. The molecule has 1 aromatic carbocycles. The van der Waals surface area contributed by atoms with E-state index in [9.17, 15) is 14.4 Å². The summed E-state index contributed by atoms with van der Waals surface area (Å²) >= 11 is 0. The minimum absolute atomic E-state index is 0.0398. The average molecular weight is 318 g/mol. The SMILES string of the molecule is CCOC(=O)C(C/C(=C/c1ccccc1)C(C)=O)C(=O)OCC. The highest BCUT2D eigenvalue weighted by molar-refractivity contribution is 6.01. The smallest absolute Gasteiger partial charge is 0.320 e. The van der Waals surface area contributed by atoms with Gasteiger partial charge in [0.1, 0.15) is 0 Å². The minimum atomic E-state index is -1.13. The predicted molar refractivity (Wildman–Crippen MR) is 86.5 cm³/mol. The van der Waals surface area contributed by atoms with Crippen LogP contribution in [0.15, 0.2) is 35.9 Å². The van der Waals surface area contributed by atoms with E-state index < -0.39 is 17.9 Å². The summed E-state index contributed by atoms with van der Waals surface area (Å²) in [5, 5.41) is 0. The molecule has 0 aliphatic rings. The van der Waals surface area contributed by atoms with Gasteiger partial charge in [0, 0.05) is 0 Å². The number of ether oxygens (including phenoxy) is 2. The highest BCUT2D eigenvalue weighted by atomic mass is 16.6. The second kappa shape index (κ2) is 9.56. The maximum Gasteiger partial charge on any atom is 0.320 e. The van der Waals surface area contributed by atoms with Crippen molar-refractivity contribution in [1.82, 2.24) is 0 Å². The molecule has 5 nitrogen and oxygen atoms in total. The quantitative estimate of drug-likeness (QED) is 0.419. The Morgan fingerprint density at radius 2 is 1.52 bits per heavy atom. The molecule has 0 N–H and O–H groups in total. The van der Waals surface area contributed by atoms with Crippen molar-refractivity contribution in [2.24, 2.45) is 5.92 Å². The standard InChI is InChI=1S/C18H22O5/c1-4-22-17(20)16(18(21)23-5-2)12-15(13(3)19)11-14-9-7-6-8-10-14/h6-11,16H,4-5,12H2,1-3H3/b15-11-.